The van der Waals surface area contributed by atoms with Crippen LogP contribution in [0.2, 0.25) is 0 Å². The molecule has 1 aliphatic rings. The van der Waals surface area contributed by atoms with Crippen molar-refractivity contribution in [1.29, 1.82) is 0 Å². The molecule has 1 radical (unpaired) electrons. The van der Waals surface area contributed by atoms with E-state index in [-0.39, 0.29) is 10.2 Å². The summed E-state index contributed by atoms with van der Waals surface area (Å²) < 4.78 is 0.0469. The number of amides is 1. The second kappa shape index (κ2) is 4.84. The molecular weight excluding hydrogens is 242 g/mol. The Balaban J connectivity index is 2.41. The number of amidine groups is 1. The number of rotatable bonds is 2. The van der Waals surface area contributed by atoms with E-state index in [1.165, 1.54) is 11.8 Å². The van der Waals surface area contributed by atoms with Gasteiger partial charge in [0.25, 0.3) is 0 Å². The highest BCUT2D eigenvalue weighted by Gasteiger charge is 2.19. The number of nitrogens with one attached hydrogen (secondary N) is 1. The van der Waals surface area contributed by atoms with Crippen molar-refractivity contribution in [3.63, 3.8) is 0 Å². The molecule has 1 amide bonds. The third-order valence-electron chi connectivity index (χ3n) is 1.15. The van der Waals surface area contributed by atoms with Crippen molar-refractivity contribution in [2.45, 2.75) is 24.0 Å². The summed E-state index contributed by atoms with van der Waals surface area (Å²) in [5.74, 6) is -0.104. The fraction of sp³-hybridized carbons (Fsp3) is 0.667. The van der Waals surface area contributed by atoms with Crippen molar-refractivity contribution in [3.05, 3.63) is 0 Å². The smallest absolute Gasteiger partial charge is 0.248 e. The number of nitrogens with zero attached hydrogens (tertiary/aromatic N) is 2. The van der Waals surface area contributed by atoms with Crippen LogP contribution >= 0.6 is 27.7 Å². The number of aliphatic imine (C=N–C) groups is 1. The van der Waals surface area contributed by atoms with Gasteiger partial charge in [0.2, 0.25) is 11.1 Å². The van der Waals surface area contributed by atoms with Gasteiger partial charge in [0.15, 0.2) is 0 Å². The van der Waals surface area contributed by atoms with Gasteiger partial charge in [-0.2, -0.15) is 15.8 Å². The van der Waals surface area contributed by atoms with Crippen molar-refractivity contribution < 1.29 is 4.79 Å². The van der Waals surface area contributed by atoms with Gasteiger partial charge >= 0.3 is 0 Å². The van der Waals surface area contributed by atoms with Crippen molar-refractivity contribution in [2.75, 3.05) is 0 Å². The summed E-state index contributed by atoms with van der Waals surface area (Å²) in [5, 5.41) is 0.510. The molecule has 1 unspecified atom stereocenters. The van der Waals surface area contributed by atoms with Crippen LogP contribution in [0.4, 0.5) is 0 Å². The molecule has 1 heterocycles. The van der Waals surface area contributed by atoms with Gasteiger partial charge in [-0.15, -0.1) is 0 Å². The number of hydrogen-bond acceptors (Lipinski definition) is 3. The first-order chi connectivity index (χ1) is 5.72. The van der Waals surface area contributed by atoms with Crippen LogP contribution in [0.15, 0.2) is 4.99 Å². The number of carbonyl (C=O) groups is 1. The largest absolute Gasteiger partial charge is 0.273 e. The lowest BCUT2D eigenvalue weighted by atomic mass is 10.3. The molecule has 1 fully saturated rings. The van der Waals surface area contributed by atoms with Gasteiger partial charge in [0, 0.05) is 6.42 Å². The predicted molar refractivity (Wildman–Crippen MR) is 52.9 cm³/mol. The zero-order valence-electron chi connectivity index (χ0n) is 6.58. The van der Waals surface area contributed by atoms with Crippen molar-refractivity contribution >= 4 is 38.8 Å². The summed E-state index contributed by atoms with van der Waals surface area (Å²) >= 11 is 4.66. The first-order valence-electron chi connectivity index (χ1n) is 3.61. The molecule has 1 atom stereocenters. The minimum absolute atomic E-state index is 0.0469. The van der Waals surface area contributed by atoms with E-state index in [4.69, 9.17) is 0 Å². The number of halogens is 1. The van der Waals surface area contributed by atoms with Crippen LogP contribution in [0.1, 0.15) is 19.8 Å². The molecule has 0 aliphatic carbocycles. The minimum Gasteiger partial charge on any atom is -0.273 e. The maximum absolute atomic E-state index is 11.0. The maximum atomic E-state index is 11.0. The summed E-state index contributed by atoms with van der Waals surface area (Å²) in [6.45, 7) is 1.95. The molecule has 0 aromatic rings. The molecule has 0 saturated carbocycles. The molecule has 4 nitrogen and oxygen atoms in total. The van der Waals surface area contributed by atoms with E-state index in [0.29, 0.717) is 11.6 Å². The molecule has 1 saturated heterocycles. The van der Waals surface area contributed by atoms with Gasteiger partial charge in [-0.05, 0) is 6.42 Å². The Hall–Kier alpha value is -0.0700. The summed E-state index contributed by atoms with van der Waals surface area (Å²) in [5.41, 5.74) is 6.57. The first kappa shape index (κ1) is 10.0. The van der Waals surface area contributed by atoms with E-state index in [1.807, 2.05) is 6.92 Å². The van der Waals surface area contributed by atoms with Gasteiger partial charge in [0.05, 0.1) is 0 Å². The monoisotopic (exact) mass is 250 g/mol. The van der Waals surface area contributed by atoms with E-state index in [1.54, 1.807) is 0 Å². The van der Waals surface area contributed by atoms with Gasteiger partial charge < -0.3 is 0 Å². The topological polar surface area (TPSA) is 55.6 Å². The Morgan fingerprint density at radius 2 is 2.67 bits per heavy atom. The minimum atomic E-state index is -0.104. The lowest BCUT2D eigenvalue weighted by Gasteiger charge is -1.91. The Kier molecular flexibility index (Phi) is 4.03. The van der Waals surface area contributed by atoms with Crippen LogP contribution in [0.3, 0.4) is 0 Å². The standard InChI is InChI=1S/C6H9BrN3OS/c1-2-3-4(11)8-6-10-9-5(7)12-6/h5,9H,2-3H2,1H3. The van der Waals surface area contributed by atoms with E-state index >= 15 is 0 Å². The van der Waals surface area contributed by atoms with E-state index < -0.39 is 0 Å². The van der Waals surface area contributed by atoms with Crippen LogP contribution < -0.4 is 10.9 Å². The summed E-state index contributed by atoms with van der Waals surface area (Å²) in [6, 6.07) is 0. The van der Waals surface area contributed by atoms with Crippen molar-refractivity contribution in [1.82, 2.24) is 10.9 Å². The predicted octanol–water partition coefficient (Wildman–Crippen LogP) is 1.20. The van der Waals surface area contributed by atoms with Crippen LogP contribution in [-0.2, 0) is 4.79 Å². The SMILES string of the molecule is CCCC(=O)N=C1[N]NC(Br)S1. The molecule has 0 spiro atoms. The molecule has 6 heteroatoms. The normalized spacial score (nSPS) is 25.8. The van der Waals surface area contributed by atoms with Crippen molar-refractivity contribution in [2.24, 2.45) is 4.99 Å². The Bertz CT molecular complexity index is 209. The average molecular weight is 251 g/mol. The highest BCUT2D eigenvalue weighted by molar-refractivity contribution is 9.11. The molecule has 67 valence electrons. The molecule has 0 aromatic heterocycles. The third kappa shape index (κ3) is 3.12. The van der Waals surface area contributed by atoms with Crippen LogP contribution in [0, 0.1) is 0 Å². The zero-order valence-corrected chi connectivity index (χ0v) is 8.98. The lowest BCUT2D eigenvalue weighted by molar-refractivity contribution is -0.117. The fourth-order valence-electron chi connectivity index (χ4n) is 0.679. The Morgan fingerprint density at radius 1 is 1.92 bits per heavy atom. The number of hydrogen-bond donors (Lipinski definition) is 1. The zero-order chi connectivity index (χ0) is 8.97. The molecular formula is C6H9BrN3OS. The van der Waals surface area contributed by atoms with Gasteiger partial charge in [-0.25, -0.2) is 0 Å². The number of thioether (sulfide) groups is 1. The molecule has 1 aliphatic heterocycles. The molecule has 1 rings (SSSR count). The fourth-order valence-corrected chi connectivity index (χ4v) is 1.83. The first-order valence-corrected chi connectivity index (χ1v) is 5.40. The third-order valence-corrected chi connectivity index (χ3v) is 2.63. The second-order valence-electron chi connectivity index (χ2n) is 2.21. The highest BCUT2D eigenvalue weighted by atomic mass is 79.9. The van der Waals surface area contributed by atoms with Gasteiger partial charge in [0.1, 0.15) is 4.28 Å². The van der Waals surface area contributed by atoms with Crippen LogP contribution in [-0.4, -0.2) is 15.4 Å². The van der Waals surface area contributed by atoms with E-state index in [0.717, 1.165) is 6.42 Å². The average Bonchev–Trinajstić information content (AvgIpc) is 2.36. The van der Waals surface area contributed by atoms with Crippen molar-refractivity contribution in [3.8, 4) is 0 Å². The molecule has 0 aromatic carbocycles. The maximum Gasteiger partial charge on any atom is 0.248 e. The molecule has 1 N–H and O–H groups in total. The van der Waals surface area contributed by atoms with Gasteiger partial charge in [-0.1, -0.05) is 34.6 Å². The van der Waals surface area contributed by atoms with Gasteiger partial charge in [-0.3, -0.25) is 4.79 Å². The van der Waals surface area contributed by atoms with Crippen LogP contribution in [0.25, 0.3) is 0 Å². The Morgan fingerprint density at radius 3 is 3.17 bits per heavy atom. The van der Waals surface area contributed by atoms with Crippen LogP contribution in [0.5, 0.6) is 0 Å². The quantitative estimate of drug-likeness (QED) is 0.592. The molecule has 12 heavy (non-hydrogen) atoms. The highest BCUT2D eigenvalue weighted by Crippen LogP contribution is 2.20. The van der Waals surface area contributed by atoms with E-state index in [2.05, 4.69) is 31.8 Å². The Labute approximate surface area is 83.7 Å². The lowest BCUT2D eigenvalue weighted by Crippen LogP contribution is -2.21. The number of alkyl halides is 1. The second-order valence-corrected chi connectivity index (χ2v) is 4.81. The summed E-state index contributed by atoms with van der Waals surface area (Å²) in [7, 11) is 0. The van der Waals surface area contributed by atoms with E-state index in [9.17, 15) is 4.79 Å². The number of carbonyl (C=O) groups excluding carboxylic acids is 1. The summed E-state index contributed by atoms with van der Waals surface area (Å²) in [6.07, 6.45) is 1.32. The summed E-state index contributed by atoms with van der Waals surface area (Å²) in [4.78, 5) is 14.8. The molecule has 0 bridgehead atoms.